The second-order valence-electron chi connectivity index (χ2n) is 5.21. The van der Waals surface area contributed by atoms with Gasteiger partial charge in [0.2, 0.25) is 10.0 Å². The summed E-state index contributed by atoms with van der Waals surface area (Å²) < 4.78 is 59.2. The van der Waals surface area contributed by atoms with E-state index in [1.807, 2.05) is 4.72 Å². The van der Waals surface area contributed by atoms with E-state index < -0.39 is 38.9 Å². The van der Waals surface area contributed by atoms with Crippen LogP contribution in [0, 0.1) is 18.6 Å². The van der Waals surface area contributed by atoms with Crippen molar-refractivity contribution in [2.45, 2.75) is 18.7 Å². The number of rotatable bonds is 7. The lowest BCUT2D eigenvalue weighted by molar-refractivity contribution is 0.0992. The van der Waals surface area contributed by atoms with Gasteiger partial charge in [0.05, 0.1) is 18.7 Å². The number of aryl methyl sites for hydroxylation is 1. The number of hydrogen-bond donors (Lipinski definition) is 1. The molecule has 0 unspecified atom stereocenters. The molecule has 0 radical (unpaired) electrons. The Kier molecular flexibility index (Phi) is 5.86. The van der Waals surface area contributed by atoms with E-state index in [9.17, 15) is 22.0 Å². The number of sulfonamides is 1. The Hall–Kier alpha value is -2.32. The summed E-state index contributed by atoms with van der Waals surface area (Å²) >= 11 is 0. The third kappa shape index (κ3) is 4.40. The van der Waals surface area contributed by atoms with Gasteiger partial charge in [-0.3, -0.25) is 4.79 Å². The highest BCUT2D eigenvalue weighted by Crippen LogP contribution is 2.22. The molecule has 0 aliphatic heterocycles. The molecule has 0 aliphatic rings. The SMILES string of the molecule is CCOc1cc(C)c(F)c(C(=O)CNS(=O)(=O)c2ccccc2F)c1. The van der Waals surface area contributed by atoms with Crippen LogP contribution in [-0.4, -0.2) is 27.4 Å². The molecule has 0 saturated carbocycles. The van der Waals surface area contributed by atoms with Gasteiger partial charge in [-0.05, 0) is 43.7 Å². The van der Waals surface area contributed by atoms with Gasteiger partial charge in [0.15, 0.2) is 5.78 Å². The highest BCUT2D eigenvalue weighted by molar-refractivity contribution is 7.89. The van der Waals surface area contributed by atoms with Crippen LogP contribution in [0.3, 0.4) is 0 Å². The summed E-state index contributed by atoms with van der Waals surface area (Å²) in [7, 11) is -4.24. The average Bonchev–Trinajstić information content (AvgIpc) is 2.56. The highest BCUT2D eigenvalue weighted by Gasteiger charge is 2.22. The van der Waals surface area contributed by atoms with Gasteiger partial charge >= 0.3 is 0 Å². The predicted octanol–water partition coefficient (Wildman–Crippen LogP) is 2.83. The lowest BCUT2D eigenvalue weighted by Gasteiger charge is -2.11. The molecule has 0 spiro atoms. The quantitative estimate of drug-likeness (QED) is 0.762. The molecule has 0 fully saturated rings. The minimum Gasteiger partial charge on any atom is -0.494 e. The first-order valence-electron chi connectivity index (χ1n) is 7.46. The Morgan fingerprint density at radius 2 is 1.88 bits per heavy atom. The van der Waals surface area contributed by atoms with E-state index in [0.717, 1.165) is 12.1 Å². The van der Waals surface area contributed by atoms with Crippen LogP contribution >= 0.6 is 0 Å². The van der Waals surface area contributed by atoms with Crippen molar-refractivity contribution in [2.75, 3.05) is 13.2 Å². The summed E-state index contributed by atoms with van der Waals surface area (Å²) in [6.07, 6.45) is 0. The van der Waals surface area contributed by atoms with Crippen LogP contribution in [0.2, 0.25) is 0 Å². The minimum absolute atomic E-state index is 0.200. The number of hydrogen-bond acceptors (Lipinski definition) is 4. The first-order valence-corrected chi connectivity index (χ1v) is 8.95. The molecular weight excluding hydrogens is 352 g/mol. The Balaban J connectivity index is 2.22. The maximum atomic E-state index is 14.2. The van der Waals surface area contributed by atoms with Crippen molar-refractivity contribution in [3.05, 3.63) is 59.2 Å². The lowest BCUT2D eigenvalue weighted by Crippen LogP contribution is -2.30. The first kappa shape index (κ1) is 19.0. The van der Waals surface area contributed by atoms with Crippen molar-refractivity contribution >= 4 is 15.8 Å². The second kappa shape index (κ2) is 7.71. The van der Waals surface area contributed by atoms with Crippen molar-refractivity contribution in [3.8, 4) is 5.75 Å². The maximum Gasteiger partial charge on any atom is 0.243 e. The number of carbonyl (C=O) groups is 1. The molecule has 0 aromatic heterocycles. The number of halogens is 2. The van der Waals surface area contributed by atoms with Crippen molar-refractivity contribution in [1.82, 2.24) is 4.72 Å². The topological polar surface area (TPSA) is 72.5 Å². The predicted molar refractivity (Wildman–Crippen MR) is 88.2 cm³/mol. The second-order valence-corrected chi connectivity index (χ2v) is 6.95. The van der Waals surface area contributed by atoms with Crippen molar-refractivity contribution in [2.24, 2.45) is 0 Å². The Bertz CT molecular complexity index is 898. The number of carbonyl (C=O) groups excluding carboxylic acids is 1. The van der Waals surface area contributed by atoms with Gasteiger partial charge in [-0.25, -0.2) is 21.9 Å². The van der Waals surface area contributed by atoms with Gasteiger partial charge in [-0.1, -0.05) is 12.1 Å². The normalized spacial score (nSPS) is 11.4. The Morgan fingerprint density at radius 1 is 1.20 bits per heavy atom. The van der Waals surface area contributed by atoms with E-state index in [1.165, 1.54) is 31.2 Å². The van der Waals surface area contributed by atoms with Gasteiger partial charge in [-0.2, -0.15) is 0 Å². The van der Waals surface area contributed by atoms with Crippen LogP contribution in [0.15, 0.2) is 41.3 Å². The molecule has 0 saturated heterocycles. The fourth-order valence-corrected chi connectivity index (χ4v) is 3.24. The third-order valence-electron chi connectivity index (χ3n) is 3.39. The summed E-state index contributed by atoms with van der Waals surface area (Å²) in [5.41, 5.74) is -0.0917. The van der Waals surface area contributed by atoms with E-state index in [-0.39, 0.29) is 11.1 Å². The van der Waals surface area contributed by atoms with Gasteiger partial charge < -0.3 is 4.74 Å². The molecule has 25 heavy (non-hydrogen) atoms. The highest BCUT2D eigenvalue weighted by atomic mass is 32.2. The molecule has 2 aromatic rings. The molecule has 0 amide bonds. The van der Waals surface area contributed by atoms with Gasteiger partial charge in [0, 0.05) is 0 Å². The molecule has 0 heterocycles. The lowest BCUT2D eigenvalue weighted by atomic mass is 10.1. The molecule has 5 nitrogen and oxygen atoms in total. The third-order valence-corrected chi connectivity index (χ3v) is 4.82. The van der Waals surface area contributed by atoms with Crippen molar-refractivity contribution in [1.29, 1.82) is 0 Å². The molecule has 2 rings (SSSR count). The monoisotopic (exact) mass is 369 g/mol. The largest absolute Gasteiger partial charge is 0.494 e. The molecule has 1 N–H and O–H groups in total. The standard InChI is InChI=1S/C17H17F2NO4S/c1-3-24-12-8-11(2)17(19)13(9-12)15(21)10-20-25(22,23)16-7-5-4-6-14(16)18/h4-9,20H,3,10H2,1-2H3. The van der Waals surface area contributed by atoms with Crippen LogP contribution in [-0.2, 0) is 10.0 Å². The Morgan fingerprint density at radius 3 is 2.52 bits per heavy atom. The summed E-state index contributed by atoms with van der Waals surface area (Å²) in [5.74, 6) is -2.18. The summed E-state index contributed by atoms with van der Waals surface area (Å²) in [6.45, 7) is 2.84. The first-order chi connectivity index (χ1) is 11.8. The Labute approximate surface area is 144 Å². The van der Waals surface area contributed by atoms with Gasteiger partial charge in [-0.15, -0.1) is 0 Å². The number of ketones is 1. The summed E-state index contributed by atoms with van der Waals surface area (Å²) in [6, 6.07) is 7.42. The zero-order chi connectivity index (χ0) is 18.6. The molecule has 0 bridgehead atoms. The van der Waals surface area contributed by atoms with E-state index in [4.69, 9.17) is 4.74 Å². The average molecular weight is 369 g/mol. The van der Waals surface area contributed by atoms with E-state index in [1.54, 1.807) is 6.92 Å². The van der Waals surface area contributed by atoms with E-state index in [0.29, 0.717) is 12.4 Å². The van der Waals surface area contributed by atoms with Crippen LogP contribution in [0.4, 0.5) is 8.78 Å². The van der Waals surface area contributed by atoms with E-state index >= 15 is 0 Å². The van der Waals surface area contributed by atoms with E-state index in [2.05, 4.69) is 0 Å². The molecule has 134 valence electrons. The fraction of sp³-hybridized carbons (Fsp3) is 0.235. The van der Waals surface area contributed by atoms with Crippen LogP contribution in [0.1, 0.15) is 22.8 Å². The van der Waals surface area contributed by atoms with Gasteiger partial charge in [0.25, 0.3) is 0 Å². The number of benzene rings is 2. The summed E-state index contributed by atoms with van der Waals surface area (Å²) in [4.78, 5) is 11.6. The zero-order valence-corrected chi connectivity index (χ0v) is 14.5. The maximum absolute atomic E-state index is 14.2. The van der Waals surface area contributed by atoms with Gasteiger partial charge in [0.1, 0.15) is 22.3 Å². The fourth-order valence-electron chi connectivity index (χ4n) is 2.19. The smallest absolute Gasteiger partial charge is 0.243 e. The number of ether oxygens (including phenoxy) is 1. The number of nitrogens with one attached hydrogen (secondary N) is 1. The van der Waals surface area contributed by atoms with Crippen LogP contribution in [0.5, 0.6) is 5.75 Å². The molecule has 0 aliphatic carbocycles. The molecule has 8 heteroatoms. The molecule has 2 aromatic carbocycles. The minimum atomic E-state index is -4.24. The summed E-state index contributed by atoms with van der Waals surface area (Å²) in [5, 5.41) is 0. The van der Waals surface area contributed by atoms with Crippen LogP contribution in [0.25, 0.3) is 0 Å². The molecular formula is C17H17F2NO4S. The number of Topliss-reactive ketones (excluding diaryl/α,β-unsaturated/α-hetero) is 1. The van der Waals surface area contributed by atoms with Crippen molar-refractivity contribution < 1.29 is 26.7 Å². The van der Waals surface area contributed by atoms with Crippen LogP contribution < -0.4 is 9.46 Å². The molecule has 0 atom stereocenters. The zero-order valence-electron chi connectivity index (χ0n) is 13.7. The van der Waals surface area contributed by atoms with Crippen molar-refractivity contribution in [3.63, 3.8) is 0 Å².